The fourth-order valence-electron chi connectivity index (χ4n) is 0.994. The lowest BCUT2D eigenvalue weighted by molar-refractivity contribution is 0.0878. The predicted octanol–water partition coefficient (Wildman–Crippen LogP) is -0.0429. The predicted molar refractivity (Wildman–Crippen MR) is 54.6 cm³/mol. The highest BCUT2D eigenvalue weighted by molar-refractivity contribution is 6.32. The molecule has 0 saturated heterocycles. The van der Waals surface area contributed by atoms with Crippen LogP contribution in [0.4, 0.5) is 4.39 Å². The number of hydrogen-bond donors (Lipinski definition) is 3. The van der Waals surface area contributed by atoms with E-state index in [0.717, 1.165) is 12.3 Å². The quantitative estimate of drug-likeness (QED) is 0.653. The molecule has 1 rings (SSSR count). The first-order valence-electron chi connectivity index (χ1n) is 4.42. The Morgan fingerprint density at radius 1 is 1.56 bits per heavy atom. The van der Waals surface area contributed by atoms with E-state index in [9.17, 15) is 9.18 Å². The molecule has 0 aromatic carbocycles. The van der Waals surface area contributed by atoms with Crippen LogP contribution in [0.3, 0.4) is 0 Å². The van der Waals surface area contributed by atoms with Crippen molar-refractivity contribution in [2.45, 2.75) is 6.04 Å². The van der Waals surface area contributed by atoms with Crippen molar-refractivity contribution in [2.75, 3.05) is 13.2 Å². The van der Waals surface area contributed by atoms with Gasteiger partial charge in [0, 0.05) is 0 Å². The van der Waals surface area contributed by atoms with Crippen molar-refractivity contribution >= 4 is 17.5 Å². The number of carbonyl (C=O) groups excluding carboxylic acids is 1. The fourth-order valence-corrected chi connectivity index (χ4v) is 1.18. The van der Waals surface area contributed by atoms with Crippen molar-refractivity contribution < 1.29 is 19.4 Å². The van der Waals surface area contributed by atoms with Crippen LogP contribution < -0.4 is 5.32 Å². The number of aliphatic hydroxyl groups excluding tert-OH is 2. The molecule has 1 aromatic heterocycles. The summed E-state index contributed by atoms with van der Waals surface area (Å²) in [5.41, 5.74) is -0.145. The molecule has 0 unspecified atom stereocenters. The maximum atomic E-state index is 12.8. The number of halogens is 2. The summed E-state index contributed by atoms with van der Waals surface area (Å²) in [6, 6.07) is 0.114. The van der Waals surface area contributed by atoms with E-state index < -0.39 is 31.0 Å². The van der Waals surface area contributed by atoms with Gasteiger partial charge in [0.25, 0.3) is 5.91 Å². The molecule has 3 N–H and O–H groups in total. The molecule has 1 aromatic rings. The number of carbonyl (C=O) groups is 1. The van der Waals surface area contributed by atoms with Crippen LogP contribution in [0.5, 0.6) is 0 Å². The number of nitrogens with zero attached hydrogens (tertiary/aromatic N) is 1. The van der Waals surface area contributed by atoms with E-state index in [1.807, 2.05) is 0 Å². The van der Waals surface area contributed by atoms with Crippen molar-refractivity contribution in [1.29, 1.82) is 0 Å². The van der Waals surface area contributed by atoms with Gasteiger partial charge in [0.05, 0.1) is 31.0 Å². The number of rotatable bonds is 4. The number of nitrogens with one attached hydrogen (secondary N) is 1. The Bertz CT molecular complexity index is 385. The van der Waals surface area contributed by atoms with Gasteiger partial charge in [0.1, 0.15) is 11.0 Å². The van der Waals surface area contributed by atoms with E-state index in [1.54, 1.807) is 0 Å². The zero-order valence-electron chi connectivity index (χ0n) is 8.15. The minimum absolute atomic E-state index is 0.145. The average molecular weight is 249 g/mol. The van der Waals surface area contributed by atoms with Crippen LogP contribution in [0.1, 0.15) is 10.4 Å². The van der Waals surface area contributed by atoms with Gasteiger partial charge in [-0.05, 0) is 6.07 Å². The Labute approximate surface area is 95.9 Å². The molecule has 0 aliphatic carbocycles. The van der Waals surface area contributed by atoms with Gasteiger partial charge < -0.3 is 15.5 Å². The second-order valence-corrected chi connectivity index (χ2v) is 3.39. The summed E-state index contributed by atoms with van der Waals surface area (Å²) in [5, 5.41) is 19.6. The first-order valence-corrected chi connectivity index (χ1v) is 4.80. The molecule has 0 saturated carbocycles. The maximum Gasteiger partial charge on any atom is 0.254 e. The van der Waals surface area contributed by atoms with Crippen LogP contribution in [-0.4, -0.2) is 40.4 Å². The molecule has 0 aliphatic heterocycles. The topological polar surface area (TPSA) is 82.5 Å². The average Bonchev–Trinajstić information content (AvgIpc) is 2.28. The lowest BCUT2D eigenvalue weighted by atomic mass is 10.2. The van der Waals surface area contributed by atoms with Crippen LogP contribution in [0, 0.1) is 5.82 Å². The number of pyridine rings is 1. The third kappa shape index (κ3) is 3.13. The lowest BCUT2D eigenvalue weighted by Crippen LogP contribution is -2.40. The van der Waals surface area contributed by atoms with Crippen molar-refractivity contribution in [3.05, 3.63) is 28.8 Å². The maximum absolute atomic E-state index is 12.8. The lowest BCUT2D eigenvalue weighted by Gasteiger charge is -2.13. The normalized spacial score (nSPS) is 10.6. The molecule has 0 spiro atoms. The van der Waals surface area contributed by atoms with E-state index in [2.05, 4.69) is 10.3 Å². The van der Waals surface area contributed by atoms with Crippen molar-refractivity contribution in [3.63, 3.8) is 0 Å². The molecular formula is C9H10ClFN2O3. The van der Waals surface area contributed by atoms with Gasteiger partial charge in [-0.25, -0.2) is 9.37 Å². The van der Waals surface area contributed by atoms with E-state index in [-0.39, 0.29) is 10.7 Å². The highest BCUT2D eigenvalue weighted by Gasteiger charge is 2.16. The van der Waals surface area contributed by atoms with Crippen LogP contribution >= 0.6 is 11.6 Å². The van der Waals surface area contributed by atoms with Gasteiger partial charge in [-0.15, -0.1) is 0 Å². The number of aromatic nitrogens is 1. The van der Waals surface area contributed by atoms with Gasteiger partial charge in [0.2, 0.25) is 0 Å². The van der Waals surface area contributed by atoms with E-state index in [1.165, 1.54) is 0 Å². The number of aliphatic hydroxyl groups is 2. The number of hydrogen-bond acceptors (Lipinski definition) is 4. The molecule has 16 heavy (non-hydrogen) atoms. The van der Waals surface area contributed by atoms with Gasteiger partial charge in [-0.2, -0.15) is 0 Å². The minimum Gasteiger partial charge on any atom is -0.394 e. The van der Waals surface area contributed by atoms with Crippen LogP contribution in [0.2, 0.25) is 5.15 Å². The third-order valence-corrected chi connectivity index (χ3v) is 2.13. The summed E-state index contributed by atoms with van der Waals surface area (Å²) in [7, 11) is 0. The van der Waals surface area contributed by atoms with Crippen molar-refractivity contribution in [2.24, 2.45) is 0 Å². The van der Waals surface area contributed by atoms with Crippen LogP contribution in [0.15, 0.2) is 12.3 Å². The first-order chi connectivity index (χ1) is 7.58. The molecule has 0 fully saturated rings. The summed E-state index contributed by atoms with van der Waals surface area (Å²) in [6.07, 6.45) is 0.884. The van der Waals surface area contributed by atoms with Gasteiger partial charge in [-0.1, -0.05) is 11.6 Å². The molecule has 7 heteroatoms. The monoisotopic (exact) mass is 248 g/mol. The molecule has 1 amide bonds. The second kappa shape index (κ2) is 5.74. The first kappa shape index (κ1) is 12.8. The van der Waals surface area contributed by atoms with Crippen LogP contribution in [0.25, 0.3) is 0 Å². The molecule has 0 aliphatic rings. The molecule has 5 nitrogen and oxygen atoms in total. The van der Waals surface area contributed by atoms with E-state index in [0.29, 0.717) is 0 Å². The fraction of sp³-hybridized carbons (Fsp3) is 0.333. The molecule has 88 valence electrons. The Kier molecular flexibility index (Phi) is 4.60. The summed E-state index contributed by atoms with van der Waals surface area (Å²) >= 11 is 5.60. The molecule has 0 atom stereocenters. The second-order valence-electron chi connectivity index (χ2n) is 3.03. The SMILES string of the molecule is O=C(NC(CO)CO)c1cc(F)cnc1Cl. The smallest absolute Gasteiger partial charge is 0.254 e. The third-order valence-electron chi connectivity index (χ3n) is 1.83. The largest absolute Gasteiger partial charge is 0.394 e. The highest BCUT2D eigenvalue weighted by Crippen LogP contribution is 2.13. The number of amides is 1. The highest BCUT2D eigenvalue weighted by atomic mass is 35.5. The van der Waals surface area contributed by atoms with Gasteiger partial charge in [-0.3, -0.25) is 4.79 Å². The zero-order valence-corrected chi connectivity index (χ0v) is 8.91. The molecule has 0 bridgehead atoms. The van der Waals surface area contributed by atoms with Gasteiger partial charge in [0.15, 0.2) is 0 Å². The van der Waals surface area contributed by atoms with Crippen LogP contribution in [-0.2, 0) is 0 Å². The Balaban J connectivity index is 2.83. The Morgan fingerprint density at radius 3 is 2.75 bits per heavy atom. The summed E-state index contributed by atoms with van der Waals surface area (Å²) in [4.78, 5) is 15.0. The van der Waals surface area contributed by atoms with Gasteiger partial charge >= 0.3 is 0 Å². The standard InChI is InChI=1S/C9H10ClFN2O3/c10-8-7(1-5(11)2-12-8)9(16)13-6(3-14)4-15/h1-2,6,14-15H,3-4H2,(H,13,16). The van der Waals surface area contributed by atoms with Crippen molar-refractivity contribution in [1.82, 2.24) is 10.3 Å². The molecule has 0 radical (unpaired) electrons. The summed E-state index contributed by atoms with van der Waals surface area (Å²) in [6.45, 7) is -0.856. The van der Waals surface area contributed by atoms with E-state index in [4.69, 9.17) is 21.8 Å². The molecule has 1 heterocycles. The zero-order chi connectivity index (χ0) is 12.1. The Hall–Kier alpha value is -1.24. The summed E-state index contributed by atoms with van der Waals surface area (Å²) < 4.78 is 12.8. The Morgan fingerprint density at radius 2 is 2.19 bits per heavy atom. The van der Waals surface area contributed by atoms with Crippen molar-refractivity contribution in [3.8, 4) is 0 Å². The summed E-state index contributed by atoms with van der Waals surface area (Å²) in [5.74, 6) is -1.40. The molecular weight excluding hydrogens is 239 g/mol. The van der Waals surface area contributed by atoms with E-state index >= 15 is 0 Å². The minimum atomic E-state index is -0.813.